The zero-order valence-corrected chi connectivity index (χ0v) is 22.7. The molecule has 0 aliphatic heterocycles. The number of fused-ring (bicyclic) bond motifs is 1. The predicted octanol–water partition coefficient (Wildman–Crippen LogP) is 7.18. The number of aromatic nitrogens is 1. The Kier molecular flexibility index (Phi) is 7.17. The molecule has 38 heavy (non-hydrogen) atoms. The highest BCUT2D eigenvalue weighted by atomic mass is 16.5. The smallest absolute Gasteiger partial charge is 0.329 e. The van der Waals surface area contributed by atoms with Gasteiger partial charge in [0.2, 0.25) is 0 Å². The molecule has 1 amide bonds. The lowest BCUT2D eigenvalue weighted by atomic mass is 9.87. The first-order valence-corrected chi connectivity index (χ1v) is 13.9. The van der Waals surface area contributed by atoms with Gasteiger partial charge in [0.05, 0.1) is 0 Å². The summed E-state index contributed by atoms with van der Waals surface area (Å²) < 4.78 is 6.21. The molecule has 2 fully saturated rings. The van der Waals surface area contributed by atoms with Gasteiger partial charge in [-0.3, -0.25) is 4.79 Å². The van der Waals surface area contributed by atoms with E-state index in [1.54, 1.807) is 6.07 Å². The molecule has 0 radical (unpaired) electrons. The van der Waals surface area contributed by atoms with E-state index in [1.165, 1.54) is 18.4 Å². The van der Waals surface area contributed by atoms with Crippen molar-refractivity contribution in [1.29, 1.82) is 0 Å². The third-order valence-electron chi connectivity index (χ3n) is 8.25. The van der Waals surface area contributed by atoms with Crippen molar-refractivity contribution in [2.24, 2.45) is 5.92 Å². The van der Waals surface area contributed by atoms with E-state index < -0.39 is 17.4 Å². The van der Waals surface area contributed by atoms with Crippen LogP contribution in [0.25, 0.3) is 10.8 Å². The monoisotopic (exact) mass is 514 g/mol. The van der Waals surface area contributed by atoms with Gasteiger partial charge in [-0.2, -0.15) is 0 Å². The minimum atomic E-state index is -1.19. The van der Waals surface area contributed by atoms with Gasteiger partial charge >= 0.3 is 5.97 Å². The fourth-order valence-corrected chi connectivity index (χ4v) is 5.93. The number of nitrogens with zero attached hydrogens (tertiary/aromatic N) is 1. The maximum absolute atomic E-state index is 13.3. The summed E-state index contributed by atoms with van der Waals surface area (Å²) in [6, 6.07) is 15.9. The van der Waals surface area contributed by atoms with Crippen LogP contribution in [0.15, 0.2) is 48.5 Å². The molecule has 3 aromatic rings. The molecular formula is C32H38N2O4. The Morgan fingerprint density at radius 2 is 1.63 bits per heavy atom. The van der Waals surface area contributed by atoms with E-state index >= 15 is 0 Å². The Bertz CT molecular complexity index is 1330. The largest absolute Gasteiger partial charge is 0.480 e. The summed E-state index contributed by atoms with van der Waals surface area (Å²) in [7, 11) is 0. The SMILES string of the molecule is CC(C)(C)c1ccc(Oc2ccc3cc(C(=O)NC4(C(=O)O)CCCC4)nc(CC4CCCC4)c3c2)cc1. The number of carboxylic acid groups (broad SMARTS) is 1. The molecule has 2 saturated carbocycles. The van der Waals surface area contributed by atoms with E-state index in [4.69, 9.17) is 9.72 Å². The standard InChI is InChI=1S/C32H38N2O4/c1-31(2,3)23-11-14-24(15-12-23)38-25-13-10-22-19-28(29(35)34-32(30(36)37)16-6-7-17-32)33-27(26(22)20-25)18-21-8-4-5-9-21/h10-15,19-21H,4-9,16-18H2,1-3H3,(H,34,35)(H,36,37). The van der Waals surface area contributed by atoms with Crippen LogP contribution in [-0.4, -0.2) is 27.5 Å². The fraction of sp³-hybridized carbons (Fsp3) is 0.469. The summed E-state index contributed by atoms with van der Waals surface area (Å²) in [6.45, 7) is 6.57. The molecule has 6 heteroatoms. The molecule has 6 nitrogen and oxygen atoms in total. The van der Waals surface area contributed by atoms with Crippen molar-refractivity contribution in [2.75, 3.05) is 0 Å². The van der Waals surface area contributed by atoms with E-state index in [9.17, 15) is 14.7 Å². The van der Waals surface area contributed by atoms with Gasteiger partial charge in [0, 0.05) is 11.1 Å². The number of rotatable bonds is 7. The van der Waals surface area contributed by atoms with Crippen molar-refractivity contribution >= 4 is 22.6 Å². The maximum Gasteiger partial charge on any atom is 0.329 e. The van der Waals surface area contributed by atoms with Crippen molar-refractivity contribution in [3.05, 3.63) is 65.5 Å². The Morgan fingerprint density at radius 3 is 2.26 bits per heavy atom. The molecule has 2 N–H and O–H groups in total. The zero-order chi connectivity index (χ0) is 26.9. The topological polar surface area (TPSA) is 88.5 Å². The molecule has 2 aromatic carbocycles. The summed E-state index contributed by atoms with van der Waals surface area (Å²) >= 11 is 0. The minimum absolute atomic E-state index is 0.0775. The molecule has 200 valence electrons. The van der Waals surface area contributed by atoms with Crippen LogP contribution in [0.4, 0.5) is 0 Å². The first kappa shape index (κ1) is 26.2. The minimum Gasteiger partial charge on any atom is -0.480 e. The van der Waals surface area contributed by atoms with Crippen LogP contribution in [0.5, 0.6) is 11.5 Å². The van der Waals surface area contributed by atoms with Crippen LogP contribution in [0.2, 0.25) is 0 Å². The number of hydrogen-bond donors (Lipinski definition) is 2. The Morgan fingerprint density at radius 1 is 0.974 bits per heavy atom. The third kappa shape index (κ3) is 5.54. The van der Waals surface area contributed by atoms with E-state index in [0.29, 0.717) is 18.8 Å². The number of carbonyl (C=O) groups is 2. The average Bonchev–Trinajstić information content (AvgIpc) is 3.57. The van der Waals surface area contributed by atoms with Crippen molar-refractivity contribution in [2.45, 2.75) is 89.5 Å². The third-order valence-corrected chi connectivity index (χ3v) is 8.25. The normalized spacial score (nSPS) is 17.6. The van der Waals surface area contributed by atoms with Gasteiger partial charge in [0.1, 0.15) is 22.7 Å². The van der Waals surface area contributed by atoms with Crippen LogP contribution in [-0.2, 0) is 16.6 Å². The molecule has 2 aliphatic carbocycles. The van der Waals surface area contributed by atoms with Gasteiger partial charge in [-0.25, -0.2) is 9.78 Å². The van der Waals surface area contributed by atoms with Crippen LogP contribution in [0, 0.1) is 5.92 Å². The summed E-state index contributed by atoms with van der Waals surface area (Å²) in [5.41, 5.74) is 1.29. The summed E-state index contributed by atoms with van der Waals surface area (Å²) in [6.07, 6.45) is 8.08. The quantitative estimate of drug-likeness (QED) is 0.348. The molecule has 1 aromatic heterocycles. The lowest BCUT2D eigenvalue weighted by Crippen LogP contribution is -2.52. The summed E-state index contributed by atoms with van der Waals surface area (Å²) in [5.74, 6) is 0.659. The van der Waals surface area contributed by atoms with Crippen LogP contribution >= 0.6 is 0 Å². The fourth-order valence-electron chi connectivity index (χ4n) is 5.93. The predicted molar refractivity (Wildman–Crippen MR) is 149 cm³/mol. The van der Waals surface area contributed by atoms with E-state index in [-0.39, 0.29) is 11.1 Å². The number of nitrogens with one attached hydrogen (secondary N) is 1. The second-order valence-corrected chi connectivity index (χ2v) is 12.1. The zero-order valence-electron chi connectivity index (χ0n) is 22.7. The highest BCUT2D eigenvalue weighted by Gasteiger charge is 2.43. The molecule has 0 bridgehead atoms. The lowest BCUT2D eigenvalue weighted by Gasteiger charge is -2.25. The number of aliphatic carboxylic acids is 1. The second-order valence-electron chi connectivity index (χ2n) is 12.1. The van der Waals surface area contributed by atoms with Gasteiger partial charge in [-0.1, -0.05) is 77.5 Å². The van der Waals surface area contributed by atoms with Gasteiger partial charge < -0.3 is 15.2 Å². The first-order valence-electron chi connectivity index (χ1n) is 13.9. The van der Waals surface area contributed by atoms with Crippen molar-refractivity contribution in [3.63, 3.8) is 0 Å². The number of pyridine rings is 1. The number of carbonyl (C=O) groups excluding carboxylic acids is 1. The van der Waals surface area contributed by atoms with Crippen molar-refractivity contribution in [3.8, 4) is 11.5 Å². The number of amides is 1. The van der Waals surface area contributed by atoms with Crippen LogP contribution in [0.1, 0.15) is 93.9 Å². The Hall–Kier alpha value is -3.41. The highest BCUT2D eigenvalue weighted by Crippen LogP contribution is 2.34. The molecule has 0 unspecified atom stereocenters. The van der Waals surface area contributed by atoms with Gasteiger partial charge in [0.15, 0.2) is 0 Å². The first-order chi connectivity index (χ1) is 18.1. The molecule has 0 atom stereocenters. The second kappa shape index (κ2) is 10.4. The molecule has 0 spiro atoms. The van der Waals surface area contributed by atoms with Gasteiger partial charge in [-0.15, -0.1) is 0 Å². The molecule has 5 rings (SSSR count). The van der Waals surface area contributed by atoms with E-state index in [0.717, 1.165) is 60.1 Å². The van der Waals surface area contributed by atoms with E-state index in [1.807, 2.05) is 30.3 Å². The average molecular weight is 515 g/mol. The lowest BCUT2D eigenvalue weighted by molar-refractivity contribution is -0.144. The van der Waals surface area contributed by atoms with E-state index in [2.05, 4.69) is 38.2 Å². The number of hydrogen-bond acceptors (Lipinski definition) is 4. The molecular weight excluding hydrogens is 476 g/mol. The number of benzene rings is 2. The number of carboxylic acids is 1. The Balaban J connectivity index is 1.46. The van der Waals surface area contributed by atoms with Crippen molar-refractivity contribution < 1.29 is 19.4 Å². The Labute approximate surface area is 224 Å². The molecule has 0 saturated heterocycles. The maximum atomic E-state index is 13.3. The van der Waals surface area contributed by atoms with Crippen LogP contribution < -0.4 is 10.1 Å². The van der Waals surface area contributed by atoms with Crippen LogP contribution in [0.3, 0.4) is 0 Å². The van der Waals surface area contributed by atoms with Gasteiger partial charge in [-0.05, 0) is 71.9 Å². The molecule has 2 aliphatic rings. The molecule has 1 heterocycles. The van der Waals surface area contributed by atoms with Crippen molar-refractivity contribution in [1.82, 2.24) is 10.3 Å². The summed E-state index contributed by atoms with van der Waals surface area (Å²) in [5, 5.41) is 14.5. The highest BCUT2D eigenvalue weighted by molar-refractivity contribution is 6.00. The summed E-state index contributed by atoms with van der Waals surface area (Å²) in [4.78, 5) is 30.1. The van der Waals surface area contributed by atoms with Gasteiger partial charge in [0.25, 0.3) is 5.91 Å². The number of ether oxygens (including phenoxy) is 1.